The predicted octanol–water partition coefficient (Wildman–Crippen LogP) is 3.09. The van der Waals surface area contributed by atoms with Crippen molar-refractivity contribution in [1.29, 1.82) is 0 Å². The highest BCUT2D eigenvalue weighted by atomic mass is 16.5. The van der Waals surface area contributed by atoms with Crippen molar-refractivity contribution in [2.45, 2.75) is 6.92 Å². The molecule has 4 heteroatoms. The third-order valence-corrected chi connectivity index (χ3v) is 2.90. The molecule has 0 N–H and O–H groups in total. The lowest BCUT2D eigenvalue weighted by Crippen LogP contribution is -2.19. The van der Waals surface area contributed by atoms with Crippen LogP contribution in [-0.4, -0.2) is 37.9 Å². The Morgan fingerprint density at radius 1 is 1.15 bits per heavy atom. The second-order valence-electron chi connectivity index (χ2n) is 4.90. The summed E-state index contributed by atoms with van der Waals surface area (Å²) in [4.78, 5) is 13.3. The van der Waals surface area contributed by atoms with Gasteiger partial charge < -0.3 is 14.1 Å². The number of rotatable bonds is 6. The molecule has 1 heterocycles. The van der Waals surface area contributed by atoms with Gasteiger partial charge in [-0.15, -0.1) is 0 Å². The van der Waals surface area contributed by atoms with Gasteiger partial charge in [0.15, 0.2) is 11.5 Å². The number of benzene rings is 1. The lowest BCUT2D eigenvalue weighted by atomic mass is 10.2. The van der Waals surface area contributed by atoms with E-state index in [-0.39, 0.29) is 5.78 Å². The predicted molar refractivity (Wildman–Crippen MR) is 78.2 cm³/mol. The number of hydrogen-bond acceptors (Lipinski definition) is 4. The molecule has 106 valence electrons. The monoisotopic (exact) mass is 273 g/mol. The Balaban J connectivity index is 2.01. The van der Waals surface area contributed by atoms with Gasteiger partial charge in [-0.3, -0.25) is 4.79 Å². The first-order valence-corrected chi connectivity index (χ1v) is 6.55. The first kappa shape index (κ1) is 14.3. The van der Waals surface area contributed by atoms with Gasteiger partial charge in [0.2, 0.25) is 0 Å². The van der Waals surface area contributed by atoms with Crippen LogP contribution in [0.4, 0.5) is 0 Å². The molecule has 2 aromatic rings. The van der Waals surface area contributed by atoms with Crippen molar-refractivity contribution in [1.82, 2.24) is 4.90 Å². The van der Waals surface area contributed by atoms with Gasteiger partial charge in [0.25, 0.3) is 0 Å². The Hall–Kier alpha value is -2.07. The molecule has 0 aliphatic heterocycles. The molecule has 1 aromatic heterocycles. The molecule has 20 heavy (non-hydrogen) atoms. The molecular weight excluding hydrogens is 254 g/mol. The summed E-state index contributed by atoms with van der Waals surface area (Å²) in [5.74, 6) is 1.83. The maximum Gasteiger partial charge on any atom is 0.194 e. The topological polar surface area (TPSA) is 42.7 Å². The molecular formula is C16H19NO3. The van der Waals surface area contributed by atoms with Crippen LogP contribution < -0.4 is 4.74 Å². The first-order valence-electron chi connectivity index (χ1n) is 6.55. The van der Waals surface area contributed by atoms with Crippen LogP contribution in [0.15, 0.2) is 40.8 Å². The molecule has 0 fully saturated rings. The number of hydrogen-bond donors (Lipinski definition) is 0. The van der Waals surface area contributed by atoms with Gasteiger partial charge in [0, 0.05) is 19.0 Å². The van der Waals surface area contributed by atoms with Gasteiger partial charge in [0.05, 0.1) is 0 Å². The van der Waals surface area contributed by atoms with Crippen LogP contribution in [0.5, 0.6) is 5.75 Å². The van der Waals surface area contributed by atoms with E-state index >= 15 is 0 Å². The summed E-state index contributed by atoms with van der Waals surface area (Å²) in [6.07, 6.45) is 0. The van der Waals surface area contributed by atoms with Crippen LogP contribution >= 0.6 is 0 Å². The summed E-state index contributed by atoms with van der Waals surface area (Å²) in [6.45, 7) is 3.02. The van der Waals surface area contributed by atoms with E-state index in [2.05, 4.69) is 4.90 Å². The highest BCUT2D eigenvalue weighted by Crippen LogP contribution is 2.24. The van der Waals surface area contributed by atoms with Crippen LogP contribution in [0.2, 0.25) is 0 Å². The molecule has 0 atom stereocenters. The fourth-order valence-electron chi connectivity index (χ4n) is 1.74. The maximum absolute atomic E-state index is 11.2. The Bertz CT molecular complexity index is 570. The zero-order valence-corrected chi connectivity index (χ0v) is 12.1. The quantitative estimate of drug-likeness (QED) is 0.758. The van der Waals surface area contributed by atoms with Gasteiger partial charge >= 0.3 is 0 Å². The highest BCUT2D eigenvalue weighted by molar-refractivity contribution is 5.91. The van der Waals surface area contributed by atoms with E-state index in [0.29, 0.717) is 18.1 Å². The Labute approximate surface area is 119 Å². The molecule has 0 radical (unpaired) electrons. The number of ketones is 1. The molecule has 0 unspecified atom stereocenters. The van der Waals surface area contributed by atoms with E-state index in [1.54, 1.807) is 12.1 Å². The van der Waals surface area contributed by atoms with Gasteiger partial charge in [-0.25, -0.2) is 0 Å². The fourth-order valence-corrected chi connectivity index (χ4v) is 1.74. The normalized spacial score (nSPS) is 10.8. The van der Waals surface area contributed by atoms with Crippen molar-refractivity contribution in [3.8, 4) is 17.1 Å². The third kappa shape index (κ3) is 3.71. The summed E-state index contributed by atoms with van der Waals surface area (Å²) < 4.78 is 11.1. The third-order valence-electron chi connectivity index (χ3n) is 2.90. The molecule has 0 amide bonds. The van der Waals surface area contributed by atoms with Crippen molar-refractivity contribution in [2.75, 3.05) is 27.2 Å². The van der Waals surface area contributed by atoms with Crippen LogP contribution in [0.25, 0.3) is 11.3 Å². The van der Waals surface area contributed by atoms with E-state index in [1.165, 1.54) is 6.92 Å². The number of nitrogens with zero attached hydrogens (tertiary/aromatic N) is 1. The zero-order valence-electron chi connectivity index (χ0n) is 12.1. The second kappa shape index (κ2) is 6.39. The van der Waals surface area contributed by atoms with E-state index in [1.807, 2.05) is 38.4 Å². The van der Waals surface area contributed by atoms with Crippen LogP contribution in [0.1, 0.15) is 17.5 Å². The fraction of sp³-hybridized carbons (Fsp3) is 0.312. The smallest absolute Gasteiger partial charge is 0.194 e. The lowest BCUT2D eigenvalue weighted by Gasteiger charge is -2.11. The molecule has 0 saturated carbocycles. The number of carbonyl (C=O) groups excluding carboxylic acids is 1. The molecule has 4 nitrogen and oxygen atoms in total. The van der Waals surface area contributed by atoms with Gasteiger partial charge in [-0.05, 0) is 50.5 Å². The van der Waals surface area contributed by atoms with E-state index in [4.69, 9.17) is 9.15 Å². The summed E-state index contributed by atoms with van der Waals surface area (Å²) in [6, 6.07) is 11.2. The Kier molecular flexibility index (Phi) is 4.58. The summed E-state index contributed by atoms with van der Waals surface area (Å²) in [5, 5.41) is 0. The SMILES string of the molecule is CC(=O)c1ccc(-c2ccc(OCCN(C)C)cc2)o1. The number of Topliss-reactive ketones (excluding diaryl/α,β-unsaturated/α-hetero) is 1. The zero-order chi connectivity index (χ0) is 14.5. The van der Waals surface area contributed by atoms with Crippen molar-refractivity contribution >= 4 is 5.78 Å². The van der Waals surface area contributed by atoms with Crippen LogP contribution in [-0.2, 0) is 0 Å². The molecule has 0 spiro atoms. The average Bonchev–Trinajstić information content (AvgIpc) is 2.89. The summed E-state index contributed by atoms with van der Waals surface area (Å²) in [7, 11) is 4.02. The molecule has 0 saturated heterocycles. The van der Waals surface area contributed by atoms with E-state index in [9.17, 15) is 4.79 Å². The van der Waals surface area contributed by atoms with Crippen molar-refractivity contribution in [3.05, 3.63) is 42.2 Å². The number of furan rings is 1. The van der Waals surface area contributed by atoms with Gasteiger partial charge in [-0.1, -0.05) is 0 Å². The van der Waals surface area contributed by atoms with E-state index in [0.717, 1.165) is 17.9 Å². The number of ether oxygens (including phenoxy) is 1. The molecule has 2 rings (SSSR count). The van der Waals surface area contributed by atoms with E-state index < -0.39 is 0 Å². The Morgan fingerprint density at radius 3 is 2.40 bits per heavy atom. The molecule has 0 aliphatic rings. The number of likely N-dealkylation sites (N-methyl/N-ethyl adjacent to an activating group) is 1. The largest absolute Gasteiger partial charge is 0.492 e. The van der Waals surface area contributed by atoms with Crippen LogP contribution in [0.3, 0.4) is 0 Å². The first-order chi connectivity index (χ1) is 9.56. The Morgan fingerprint density at radius 2 is 1.85 bits per heavy atom. The summed E-state index contributed by atoms with van der Waals surface area (Å²) in [5.41, 5.74) is 0.928. The maximum atomic E-state index is 11.2. The minimum Gasteiger partial charge on any atom is -0.492 e. The minimum atomic E-state index is -0.0695. The van der Waals surface area contributed by atoms with Crippen molar-refractivity contribution in [3.63, 3.8) is 0 Å². The second-order valence-corrected chi connectivity index (χ2v) is 4.90. The highest BCUT2D eigenvalue weighted by Gasteiger charge is 2.08. The molecule has 0 aliphatic carbocycles. The van der Waals surface area contributed by atoms with Crippen molar-refractivity contribution < 1.29 is 13.9 Å². The van der Waals surface area contributed by atoms with Crippen LogP contribution in [0, 0.1) is 0 Å². The van der Waals surface area contributed by atoms with Crippen molar-refractivity contribution in [2.24, 2.45) is 0 Å². The van der Waals surface area contributed by atoms with Gasteiger partial charge in [-0.2, -0.15) is 0 Å². The minimum absolute atomic E-state index is 0.0695. The average molecular weight is 273 g/mol. The lowest BCUT2D eigenvalue weighted by molar-refractivity contribution is 0.0988. The van der Waals surface area contributed by atoms with Gasteiger partial charge in [0.1, 0.15) is 18.1 Å². The molecule has 0 bridgehead atoms. The number of carbonyl (C=O) groups is 1. The summed E-state index contributed by atoms with van der Waals surface area (Å²) >= 11 is 0. The standard InChI is InChI=1S/C16H19NO3/c1-12(18)15-8-9-16(20-15)13-4-6-14(7-5-13)19-11-10-17(2)3/h4-9H,10-11H2,1-3H3. The molecule has 1 aromatic carbocycles.